The Morgan fingerprint density at radius 2 is 0.884 bits per heavy atom. The van der Waals surface area contributed by atoms with Gasteiger partial charge < -0.3 is 56.5 Å². The van der Waals surface area contributed by atoms with E-state index in [1.54, 1.807) is 54.3 Å². The average molecular weight is 1180 g/mol. The molecule has 0 aliphatic carbocycles. The van der Waals surface area contributed by atoms with Crippen LogP contribution >= 0.6 is 0 Å². The highest BCUT2D eigenvalue weighted by Gasteiger charge is 2.48. The number of nitrogens with zero attached hydrogens (tertiary/aromatic N) is 2. The Hall–Kier alpha value is -8.42. The average Bonchev–Trinajstić information content (AvgIpc) is 2.93. The Bertz CT molecular complexity index is 2950. The van der Waals surface area contributed by atoms with Gasteiger partial charge in [0.1, 0.15) is 35.4 Å². The van der Waals surface area contributed by atoms with Crippen LogP contribution in [0.3, 0.4) is 0 Å². The van der Waals surface area contributed by atoms with E-state index in [0.717, 1.165) is 22.3 Å². The van der Waals surface area contributed by atoms with Gasteiger partial charge in [0.05, 0.1) is 38.4 Å². The smallest absolute Gasteiger partial charge is 0.251 e. The van der Waals surface area contributed by atoms with Crippen LogP contribution in [-0.4, -0.2) is 141 Å². The largest absolute Gasteiger partial charge is 0.497 e. The first-order chi connectivity index (χ1) is 40.8. The molecule has 0 radical (unpaired) electrons. The van der Waals surface area contributed by atoms with Crippen molar-refractivity contribution in [1.29, 1.82) is 0 Å². The zero-order chi connectivity index (χ0) is 62.6. The second-order valence-electron chi connectivity index (χ2n) is 24.6. The number of carbonyl (C=O) groups excluding carboxylic acids is 8. The first-order valence-electron chi connectivity index (χ1n) is 29.3. The lowest BCUT2D eigenvalue weighted by Gasteiger charge is -2.36. The Kier molecular flexibility index (Phi) is 21.7. The number of carbonyl (C=O) groups is 8. The van der Waals surface area contributed by atoms with Crippen LogP contribution in [-0.2, 0) is 28.8 Å². The second kappa shape index (κ2) is 28.6. The molecule has 7 N–H and O–H groups in total. The molecule has 458 valence electrons. The second-order valence-corrected chi connectivity index (χ2v) is 24.6. The van der Waals surface area contributed by atoms with Crippen molar-refractivity contribution in [3.63, 3.8) is 0 Å². The summed E-state index contributed by atoms with van der Waals surface area (Å²) < 4.78 is 10.8. The van der Waals surface area contributed by atoms with Crippen molar-refractivity contribution in [3.05, 3.63) is 167 Å². The highest BCUT2D eigenvalue weighted by atomic mass is 16.5. The number of hydrogen-bond acceptors (Lipinski definition) is 12. The number of ether oxygens (including phenoxy) is 2. The molecule has 86 heavy (non-hydrogen) atoms. The number of rotatable bonds is 23. The third kappa shape index (κ3) is 16.1. The van der Waals surface area contributed by atoms with E-state index < -0.39 is 107 Å². The lowest BCUT2D eigenvalue weighted by Crippen LogP contribution is -2.59. The number of methoxy groups -OCH3 is 2. The number of Topliss-reactive ketones (excluding diaryl/α,β-unsaturated/α-hetero) is 1. The third-order valence-corrected chi connectivity index (χ3v) is 16.5. The van der Waals surface area contributed by atoms with E-state index >= 15 is 0 Å². The van der Waals surface area contributed by atoms with Crippen molar-refractivity contribution in [3.8, 4) is 11.5 Å². The molecular formula is C67H85N9O10. The van der Waals surface area contributed by atoms with Gasteiger partial charge in [-0.15, -0.1) is 0 Å². The third-order valence-electron chi connectivity index (χ3n) is 16.5. The molecule has 2 fully saturated rings. The standard InChI is InChI=1S/C67H85N9O10/c1-40(68-9)55(77)37-52(66(3,4)5)64(83)75-38-48(35-53(75)62(81)72-56(42-19-15-13-16-20-42)44-27-31-50(85-11)32-28-44)70-60(79)46-23-25-47(26-24-46)61(80)71-49-36-54(76(39-49)65(84)58(67(6,7)8)74-59(78)41(2)69-10)63(82)73-57(43-21-17-14-18-22-43)45-29-33-51(86-12)34-30-45/h13-34,40-41,48-49,52-54,56-58,68-69H,35-39H2,1-12H3,(H,70,79)(H,71,80)(H,72,81)(H,73,82)(H,74,78)/t40-,41-,48-,49-,52+,53-,54-,56+,57+,58+/m0/s1. The van der Waals surface area contributed by atoms with E-state index in [1.807, 2.05) is 139 Å². The minimum atomic E-state index is -1.07. The van der Waals surface area contributed by atoms with Crippen molar-refractivity contribution >= 4 is 47.1 Å². The molecule has 0 saturated carbocycles. The van der Waals surface area contributed by atoms with Gasteiger partial charge in [-0.25, -0.2) is 0 Å². The molecule has 2 aliphatic rings. The topological polar surface area (TPSA) is 246 Å². The Morgan fingerprint density at radius 1 is 0.500 bits per heavy atom. The summed E-state index contributed by atoms with van der Waals surface area (Å²) in [5.74, 6) is -2.86. The van der Waals surface area contributed by atoms with Crippen molar-refractivity contribution < 1.29 is 47.8 Å². The minimum Gasteiger partial charge on any atom is -0.497 e. The van der Waals surface area contributed by atoms with Crippen molar-refractivity contribution in [2.45, 2.75) is 129 Å². The van der Waals surface area contributed by atoms with Gasteiger partial charge in [0.15, 0.2) is 0 Å². The molecule has 5 aromatic rings. The van der Waals surface area contributed by atoms with Gasteiger partial charge in [-0.3, -0.25) is 38.4 Å². The molecule has 7 amide bonds. The first-order valence-corrected chi connectivity index (χ1v) is 29.3. The Morgan fingerprint density at radius 3 is 1.24 bits per heavy atom. The maximum absolute atomic E-state index is 14.9. The summed E-state index contributed by atoms with van der Waals surface area (Å²) >= 11 is 0. The van der Waals surface area contributed by atoms with E-state index in [2.05, 4.69) is 37.2 Å². The van der Waals surface area contributed by atoms with Gasteiger partial charge in [-0.1, -0.05) is 126 Å². The zero-order valence-electron chi connectivity index (χ0n) is 51.5. The Labute approximate surface area is 505 Å². The molecule has 0 unspecified atom stereocenters. The highest BCUT2D eigenvalue weighted by Crippen LogP contribution is 2.35. The summed E-state index contributed by atoms with van der Waals surface area (Å²) in [5, 5.41) is 21.3. The number of likely N-dealkylation sites (tertiary alicyclic amines) is 2. The molecule has 0 bridgehead atoms. The molecule has 19 nitrogen and oxygen atoms in total. The van der Waals surface area contributed by atoms with Crippen LogP contribution in [0.4, 0.5) is 0 Å². The van der Waals surface area contributed by atoms with Gasteiger partial charge in [0.25, 0.3) is 11.8 Å². The molecule has 2 aliphatic heterocycles. The number of ketones is 1. The van der Waals surface area contributed by atoms with Gasteiger partial charge in [0, 0.05) is 48.6 Å². The lowest BCUT2D eigenvalue weighted by molar-refractivity contribution is -0.146. The summed E-state index contributed by atoms with van der Waals surface area (Å²) in [6, 6.07) is 32.6. The SMILES string of the molecule is CN[C@@H](C)C(=O)C[C@H](C(=O)N1C[C@@H](NC(=O)c2ccc(C(=O)N[C@H]3C[C@@H](C(=O)N[C@H](c4ccccc4)c4ccc(OC)cc4)N(C(=O)[C@@H](NC(=O)[C@H](C)NC)C(C)(C)C)C3)cc2)C[C@H]1C(=O)N[C@H](c1ccccc1)c1ccc(OC)cc1)C(C)(C)C. The summed E-state index contributed by atoms with van der Waals surface area (Å²) in [6.07, 6.45) is 0.0475. The monoisotopic (exact) mass is 1180 g/mol. The zero-order valence-corrected chi connectivity index (χ0v) is 51.5. The first kappa shape index (κ1) is 65.1. The number of nitrogens with one attached hydrogen (secondary N) is 7. The molecule has 10 atom stereocenters. The van der Waals surface area contributed by atoms with Crippen molar-refractivity contribution in [1.82, 2.24) is 47.0 Å². The van der Waals surface area contributed by atoms with Crippen molar-refractivity contribution in [2.24, 2.45) is 16.7 Å². The molecule has 2 saturated heterocycles. The van der Waals surface area contributed by atoms with Gasteiger partial charge in [-0.2, -0.15) is 0 Å². The predicted molar refractivity (Wildman–Crippen MR) is 329 cm³/mol. The summed E-state index contributed by atoms with van der Waals surface area (Å²) in [5.41, 5.74) is 2.09. The molecule has 7 rings (SSSR count). The fourth-order valence-electron chi connectivity index (χ4n) is 11.0. The summed E-state index contributed by atoms with van der Waals surface area (Å²) in [6.45, 7) is 14.5. The quantitative estimate of drug-likeness (QED) is 0.0382. The fraction of sp³-hybridized carbons (Fsp3) is 0.433. The lowest BCUT2D eigenvalue weighted by atomic mass is 9.76. The minimum absolute atomic E-state index is 0.0176. The number of benzene rings is 5. The number of hydrogen-bond donors (Lipinski definition) is 7. The molecule has 5 aromatic carbocycles. The molecule has 2 heterocycles. The van der Waals surface area contributed by atoms with Gasteiger partial charge in [0.2, 0.25) is 29.5 Å². The van der Waals surface area contributed by atoms with Crippen LogP contribution in [0.25, 0.3) is 0 Å². The maximum atomic E-state index is 14.9. The van der Waals surface area contributed by atoms with Crippen LogP contribution in [0, 0.1) is 16.7 Å². The van der Waals surface area contributed by atoms with Crippen LogP contribution in [0.2, 0.25) is 0 Å². The Balaban J connectivity index is 1.11. The molecule has 0 spiro atoms. The summed E-state index contributed by atoms with van der Waals surface area (Å²) in [4.78, 5) is 118. The van der Waals surface area contributed by atoms with Gasteiger partial charge >= 0.3 is 0 Å². The summed E-state index contributed by atoms with van der Waals surface area (Å²) in [7, 11) is 6.47. The van der Waals surface area contributed by atoms with E-state index in [-0.39, 0.29) is 55.2 Å². The molecule has 0 aromatic heterocycles. The van der Waals surface area contributed by atoms with E-state index in [4.69, 9.17) is 9.47 Å². The van der Waals surface area contributed by atoms with Crippen LogP contribution in [0.15, 0.2) is 133 Å². The van der Waals surface area contributed by atoms with Crippen LogP contribution in [0.1, 0.15) is 130 Å². The fourth-order valence-corrected chi connectivity index (χ4v) is 11.0. The molecule has 19 heteroatoms. The van der Waals surface area contributed by atoms with Crippen LogP contribution < -0.4 is 46.7 Å². The van der Waals surface area contributed by atoms with Crippen molar-refractivity contribution in [2.75, 3.05) is 41.4 Å². The van der Waals surface area contributed by atoms with Crippen LogP contribution in [0.5, 0.6) is 11.5 Å². The number of likely N-dealkylation sites (N-methyl/N-ethyl adjacent to an activating group) is 2. The van der Waals surface area contributed by atoms with E-state index in [1.165, 1.54) is 34.1 Å². The van der Waals surface area contributed by atoms with E-state index in [0.29, 0.717) is 11.5 Å². The highest BCUT2D eigenvalue weighted by molar-refractivity contribution is 5.99. The van der Waals surface area contributed by atoms with E-state index in [9.17, 15) is 38.4 Å². The number of amides is 7. The normalized spacial score (nSPS) is 18.9. The maximum Gasteiger partial charge on any atom is 0.251 e. The van der Waals surface area contributed by atoms with Gasteiger partial charge in [-0.05, 0) is 122 Å². The predicted octanol–water partition coefficient (Wildman–Crippen LogP) is 6.28. The molecular weight excluding hydrogens is 1090 g/mol.